The van der Waals surface area contributed by atoms with Crippen molar-refractivity contribution in [2.75, 3.05) is 77.9 Å². The SMILES string of the molecule is Bc1cc(C[C@@H](OC(=O)N2CCC(N3CCc4ccccc4NC3=O)CC2)C(=O)N2CCC(N3CCN(CC(=O)NOC)CC3)CC2)cc(Br)c1O. The van der Waals surface area contributed by atoms with E-state index in [9.17, 15) is 24.3 Å². The number of ether oxygens (including phenoxy) is 1. The number of aromatic hydroxyl groups is 1. The van der Waals surface area contributed by atoms with Crippen molar-refractivity contribution in [1.29, 1.82) is 0 Å². The van der Waals surface area contributed by atoms with E-state index in [1.807, 2.05) is 40.1 Å². The average Bonchev–Trinajstić information content (AvgIpc) is 3.31. The summed E-state index contributed by atoms with van der Waals surface area (Å²) >= 11 is 3.41. The van der Waals surface area contributed by atoms with Gasteiger partial charge >= 0.3 is 12.1 Å². The standard InChI is InChI=1S/C36H49BBrN7O7/c1-51-40-32(46)23-41-16-18-42(19-17-41)26-7-11-43(12-8-26)34(48)31(22-24-20-28(37)33(47)29(38)21-24)52-36(50)44-13-9-27(10-14-44)45-15-6-25-4-2-3-5-30(25)39-35(45)49/h2-5,20-21,26-27,31,47H,6-19,22-23,37H2,1H3,(H,39,49)(H,40,46)/t31-/m1/s1. The number of urea groups is 1. The number of rotatable bonds is 9. The fourth-order valence-corrected chi connectivity index (χ4v) is 8.51. The maximum atomic E-state index is 14.1. The lowest BCUT2D eigenvalue weighted by atomic mass is 9.91. The Morgan fingerprint density at radius 2 is 1.63 bits per heavy atom. The number of nitrogens with one attached hydrogen (secondary N) is 2. The van der Waals surface area contributed by atoms with E-state index in [-0.39, 0.29) is 36.1 Å². The van der Waals surface area contributed by atoms with Crippen LogP contribution in [0.1, 0.15) is 36.8 Å². The van der Waals surface area contributed by atoms with Gasteiger partial charge in [-0.25, -0.2) is 15.1 Å². The van der Waals surface area contributed by atoms with Gasteiger partial charge in [0.15, 0.2) is 6.10 Å². The summed E-state index contributed by atoms with van der Waals surface area (Å²) in [6.45, 7) is 6.12. The first kappa shape index (κ1) is 37.9. The minimum absolute atomic E-state index is 0.00690. The van der Waals surface area contributed by atoms with Crippen LogP contribution in [-0.2, 0) is 32.0 Å². The number of hydrogen-bond acceptors (Lipinski definition) is 9. The summed E-state index contributed by atoms with van der Waals surface area (Å²) < 4.78 is 6.57. The van der Waals surface area contributed by atoms with Gasteiger partial charge in [-0.15, -0.1) is 0 Å². The van der Waals surface area contributed by atoms with Crippen molar-refractivity contribution < 1.29 is 33.9 Å². The molecule has 0 aliphatic carbocycles. The number of phenols is 1. The zero-order chi connectivity index (χ0) is 36.8. The highest BCUT2D eigenvalue weighted by molar-refractivity contribution is 9.10. The molecule has 2 aromatic rings. The van der Waals surface area contributed by atoms with E-state index in [0.717, 1.165) is 62.3 Å². The molecule has 1 atom stereocenters. The maximum Gasteiger partial charge on any atom is 0.410 e. The summed E-state index contributed by atoms with van der Waals surface area (Å²) in [4.78, 5) is 67.4. The van der Waals surface area contributed by atoms with E-state index in [0.29, 0.717) is 68.1 Å². The molecule has 0 radical (unpaired) electrons. The summed E-state index contributed by atoms with van der Waals surface area (Å²) in [5.74, 6) is -0.251. The number of amides is 5. The number of likely N-dealkylation sites (tertiary alicyclic amines) is 2. The van der Waals surface area contributed by atoms with E-state index >= 15 is 0 Å². The number of hydrogen-bond donors (Lipinski definition) is 3. The lowest BCUT2D eigenvalue weighted by Gasteiger charge is -2.43. The van der Waals surface area contributed by atoms with Crippen LogP contribution in [0.25, 0.3) is 0 Å². The van der Waals surface area contributed by atoms with Crippen LogP contribution >= 0.6 is 15.9 Å². The topological polar surface area (TPSA) is 147 Å². The third-order valence-electron chi connectivity index (χ3n) is 10.8. The Bertz CT molecular complexity index is 1590. The molecule has 52 heavy (non-hydrogen) atoms. The first-order valence-corrected chi connectivity index (χ1v) is 19.0. The zero-order valence-electron chi connectivity index (χ0n) is 30.0. The predicted octanol–water partition coefficient (Wildman–Crippen LogP) is 1.30. The van der Waals surface area contributed by atoms with Crippen LogP contribution in [-0.4, -0.2) is 152 Å². The Morgan fingerprint density at radius 3 is 2.33 bits per heavy atom. The molecule has 3 saturated heterocycles. The van der Waals surface area contributed by atoms with Crippen LogP contribution in [0, 0.1) is 0 Å². The highest BCUT2D eigenvalue weighted by Crippen LogP contribution is 2.27. The number of nitrogens with zero attached hydrogens (tertiary/aromatic N) is 5. The highest BCUT2D eigenvalue weighted by atomic mass is 79.9. The first-order valence-electron chi connectivity index (χ1n) is 18.3. The highest BCUT2D eigenvalue weighted by Gasteiger charge is 2.37. The molecule has 5 amide bonds. The van der Waals surface area contributed by atoms with Crippen LogP contribution in [0.15, 0.2) is 40.9 Å². The summed E-state index contributed by atoms with van der Waals surface area (Å²) in [6, 6.07) is 11.6. The Hall–Kier alpha value is -3.86. The lowest BCUT2D eigenvalue weighted by molar-refractivity contribution is -0.142. The van der Waals surface area contributed by atoms with E-state index in [1.54, 1.807) is 18.8 Å². The molecule has 4 heterocycles. The molecule has 0 bridgehead atoms. The Kier molecular flexibility index (Phi) is 12.6. The van der Waals surface area contributed by atoms with E-state index in [1.165, 1.54) is 7.11 Å². The number of halogens is 1. The molecule has 0 aromatic heterocycles. The lowest BCUT2D eigenvalue weighted by Crippen LogP contribution is -2.56. The largest absolute Gasteiger partial charge is 0.507 e. The van der Waals surface area contributed by atoms with Gasteiger partial charge in [0, 0.05) is 83.1 Å². The van der Waals surface area contributed by atoms with Gasteiger partial charge < -0.3 is 29.9 Å². The molecule has 4 aliphatic rings. The van der Waals surface area contributed by atoms with Crippen molar-refractivity contribution in [3.05, 3.63) is 52.0 Å². The molecule has 4 aliphatic heterocycles. The van der Waals surface area contributed by atoms with Crippen LogP contribution in [0.2, 0.25) is 0 Å². The number of carbonyl (C=O) groups excluding carboxylic acids is 4. The molecule has 14 nitrogen and oxygen atoms in total. The van der Waals surface area contributed by atoms with Crippen molar-refractivity contribution in [3.63, 3.8) is 0 Å². The zero-order valence-corrected chi connectivity index (χ0v) is 31.6. The van der Waals surface area contributed by atoms with Crippen molar-refractivity contribution in [3.8, 4) is 5.75 Å². The van der Waals surface area contributed by atoms with Gasteiger partial charge in [0.1, 0.15) is 13.6 Å². The third kappa shape index (κ3) is 9.19. The molecule has 0 unspecified atom stereocenters. The van der Waals surface area contributed by atoms with Gasteiger partial charge in [0.25, 0.3) is 11.8 Å². The van der Waals surface area contributed by atoms with E-state index in [2.05, 4.69) is 36.5 Å². The van der Waals surface area contributed by atoms with E-state index < -0.39 is 12.2 Å². The predicted molar refractivity (Wildman–Crippen MR) is 201 cm³/mol. The van der Waals surface area contributed by atoms with E-state index in [4.69, 9.17) is 9.57 Å². The molecular weight excluding hydrogens is 733 g/mol. The third-order valence-corrected chi connectivity index (χ3v) is 11.4. The van der Waals surface area contributed by atoms with Gasteiger partial charge in [-0.05, 0) is 76.8 Å². The summed E-state index contributed by atoms with van der Waals surface area (Å²) in [6.07, 6.45) is 2.21. The number of benzene rings is 2. The fourth-order valence-electron chi connectivity index (χ4n) is 7.90. The van der Waals surface area contributed by atoms with Crippen LogP contribution in [0.5, 0.6) is 5.75 Å². The van der Waals surface area contributed by atoms with Gasteiger partial charge in [0.2, 0.25) is 0 Å². The Balaban J connectivity index is 1.05. The van der Waals surface area contributed by atoms with Gasteiger partial charge in [-0.1, -0.05) is 24.3 Å². The molecule has 3 N–H and O–H groups in total. The monoisotopic (exact) mass is 781 g/mol. The molecule has 0 saturated carbocycles. The number of piperazine rings is 1. The minimum Gasteiger partial charge on any atom is -0.507 e. The van der Waals surface area contributed by atoms with Crippen molar-refractivity contribution in [2.24, 2.45) is 0 Å². The number of hydroxylamine groups is 1. The van der Waals surface area contributed by atoms with Crippen LogP contribution in [0.3, 0.4) is 0 Å². The smallest absolute Gasteiger partial charge is 0.410 e. The second kappa shape index (κ2) is 17.3. The normalized spacial score (nSPS) is 20.1. The number of fused-ring (bicyclic) bond motifs is 1. The number of anilines is 1. The molecule has 2 aromatic carbocycles. The summed E-state index contributed by atoms with van der Waals surface area (Å²) in [7, 11) is 3.22. The first-order chi connectivity index (χ1) is 25.1. The average molecular weight is 783 g/mol. The van der Waals surface area contributed by atoms with Gasteiger partial charge in [-0.2, -0.15) is 0 Å². The van der Waals surface area contributed by atoms with Crippen molar-refractivity contribution in [1.82, 2.24) is 30.0 Å². The summed E-state index contributed by atoms with van der Waals surface area (Å²) in [5.41, 5.74) is 5.75. The minimum atomic E-state index is -1.03. The van der Waals surface area contributed by atoms with Gasteiger partial charge in [0.05, 0.1) is 18.1 Å². The fraction of sp³-hybridized carbons (Fsp3) is 0.556. The Labute approximate surface area is 314 Å². The molecule has 280 valence electrons. The second-order valence-electron chi connectivity index (χ2n) is 14.2. The summed E-state index contributed by atoms with van der Waals surface area (Å²) in [5, 5.41) is 13.4. The quantitative estimate of drug-likeness (QED) is 0.253. The Morgan fingerprint density at radius 1 is 0.962 bits per heavy atom. The molecule has 0 spiro atoms. The van der Waals surface area contributed by atoms with Crippen molar-refractivity contribution >= 4 is 58.9 Å². The van der Waals surface area contributed by atoms with Crippen LogP contribution < -0.4 is 16.3 Å². The van der Waals surface area contributed by atoms with Crippen LogP contribution in [0.4, 0.5) is 15.3 Å². The maximum absolute atomic E-state index is 14.1. The van der Waals surface area contributed by atoms with Gasteiger partial charge in [-0.3, -0.25) is 24.2 Å². The molecule has 6 rings (SSSR count). The molecule has 3 fully saturated rings. The second-order valence-corrected chi connectivity index (χ2v) is 15.0. The molecule has 16 heteroatoms. The number of para-hydroxylation sites is 1. The van der Waals surface area contributed by atoms with Crippen molar-refractivity contribution in [2.45, 2.75) is 56.7 Å². The molecular formula is C36H49BBrN7O7. The number of carbonyl (C=O) groups is 4. The number of piperidine rings is 2. The number of phenolic OH excluding ortho intramolecular Hbond substituents is 1.